The van der Waals surface area contributed by atoms with Crippen LogP contribution >= 0.6 is 0 Å². The van der Waals surface area contributed by atoms with Gasteiger partial charge in [0, 0.05) is 13.2 Å². The normalized spacial score (nSPS) is 22.8. The molecule has 1 rings (SSSR count). The number of nitriles is 1. The SMILES string of the molecule is COC(=O)/C(C#N)=C1\C=CN(C)[C@H](C)N1. The lowest BCUT2D eigenvalue weighted by atomic mass is 10.2. The van der Waals surface area contributed by atoms with Crippen LogP contribution in [0.4, 0.5) is 0 Å². The molecule has 0 aromatic carbocycles. The maximum absolute atomic E-state index is 11.2. The highest BCUT2D eigenvalue weighted by Crippen LogP contribution is 2.11. The summed E-state index contributed by atoms with van der Waals surface area (Å²) in [4.78, 5) is 13.2. The number of hydrogen-bond donors (Lipinski definition) is 1. The molecule has 0 radical (unpaired) electrons. The van der Waals surface area contributed by atoms with Crippen molar-refractivity contribution in [2.24, 2.45) is 0 Å². The van der Waals surface area contributed by atoms with Gasteiger partial charge in [-0.25, -0.2) is 4.79 Å². The Kier molecular flexibility index (Phi) is 3.34. The van der Waals surface area contributed by atoms with Crippen LogP contribution in [-0.4, -0.2) is 31.2 Å². The first-order chi connectivity index (χ1) is 7.10. The lowest BCUT2D eigenvalue weighted by Gasteiger charge is -2.29. The molecule has 15 heavy (non-hydrogen) atoms. The second-order valence-electron chi connectivity index (χ2n) is 3.19. The minimum absolute atomic E-state index is 0.00583. The molecule has 0 aromatic rings. The maximum atomic E-state index is 11.2. The van der Waals surface area contributed by atoms with E-state index in [1.165, 1.54) is 7.11 Å². The van der Waals surface area contributed by atoms with Crippen molar-refractivity contribution in [2.75, 3.05) is 14.2 Å². The first-order valence-electron chi connectivity index (χ1n) is 4.49. The summed E-state index contributed by atoms with van der Waals surface area (Å²) >= 11 is 0. The second kappa shape index (κ2) is 4.51. The molecular weight excluding hydrogens is 194 g/mol. The van der Waals surface area contributed by atoms with E-state index >= 15 is 0 Å². The van der Waals surface area contributed by atoms with E-state index in [0.29, 0.717) is 5.70 Å². The third-order valence-corrected chi connectivity index (χ3v) is 2.22. The van der Waals surface area contributed by atoms with Gasteiger partial charge in [-0.3, -0.25) is 0 Å². The smallest absolute Gasteiger partial charge is 0.350 e. The zero-order chi connectivity index (χ0) is 11.4. The van der Waals surface area contributed by atoms with Gasteiger partial charge in [0.05, 0.1) is 19.0 Å². The Balaban J connectivity index is 3.05. The minimum Gasteiger partial charge on any atom is -0.465 e. The molecule has 0 aliphatic carbocycles. The molecule has 1 N–H and O–H groups in total. The predicted molar refractivity (Wildman–Crippen MR) is 54.2 cm³/mol. The van der Waals surface area contributed by atoms with Gasteiger partial charge in [0.15, 0.2) is 5.57 Å². The Morgan fingerprint density at radius 3 is 2.87 bits per heavy atom. The number of nitrogens with one attached hydrogen (secondary N) is 1. The summed E-state index contributed by atoms with van der Waals surface area (Å²) < 4.78 is 4.51. The molecule has 0 saturated heterocycles. The molecule has 0 spiro atoms. The molecule has 0 fully saturated rings. The van der Waals surface area contributed by atoms with Crippen LogP contribution in [0.2, 0.25) is 0 Å². The van der Waals surface area contributed by atoms with E-state index in [1.54, 1.807) is 12.3 Å². The standard InChI is InChI=1S/C10H13N3O2/c1-7-12-9(4-5-13(7)2)8(6-11)10(14)15-3/h4-5,7,12H,1-3H3/b9-8+/t7-/m1/s1. The zero-order valence-corrected chi connectivity index (χ0v) is 8.94. The van der Waals surface area contributed by atoms with Crippen LogP contribution in [0.3, 0.4) is 0 Å². The van der Waals surface area contributed by atoms with Gasteiger partial charge in [0.25, 0.3) is 0 Å². The van der Waals surface area contributed by atoms with Gasteiger partial charge in [0.1, 0.15) is 6.07 Å². The van der Waals surface area contributed by atoms with Gasteiger partial charge < -0.3 is 15.0 Å². The van der Waals surface area contributed by atoms with E-state index in [9.17, 15) is 4.79 Å². The van der Waals surface area contributed by atoms with Gasteiger partial charge >= 0.3 is 5.97 Å². The highest BCUT2D eigenvalue weighted by molar-refractivity contribution is 5.94. The molecule has 0 bridgehead atoms. The second-order valence-corrected chi connectivity index (χ2v) is 3.19. The van der Waals surface area contributed by atoms with E-state index in [1.807, 2.05) is 24.9 Å². The molecule has 1 aliphatic heterocycles. The number of ether oxygens (including phenoxy) is 1. The summed E-state index contributed by atoms with van der Waals surface area (Å²) in [6.07, 6.45) is 3.52. The van der Waals surface area contributed by atoms with Gasteiger partial charge in [0.2, 0.25) is 0 Å². The molecule has 5 nitrogen and oxygen atoms in total. The summed E-state index contributed by atoms with van der Waals surface area (Å²) in [6, 6.07) is 1.83. The number of esters is 1. The number of carbonyl (C=O) groups excluding carboxylic acids is 1. The van der Waals surface area contributed by atoms with Gasteiger partial charge in [-0.1, -0.05) is 0 Å². The Bertz CT molecular complexity index is 365. The highest BCUT2D eigenvalue weighted by atomic mass is 16.5. The summed E-state index contributed by atoms with van der Waals surface area (Å²) in [6.45, 7) is 1.93. The molecule has 0 aromatic heterocycles. The van der Waals surface area contributed by atoms with E-state index < -0.39 is 5.97 Å². The van der Waals surface area contributed by atoms with Crippen molar-refractivity contribution >= 4 is 5.97 Å². The van der Waals surface area contributed by atoms with Crippen molar-refractivity contribution in [1.29, 1.82) is 5.26 Å². The lowest BCUT2D eigenvalue weighted by Crippen LogP contribution is -2.41. The zero-order valence-electron chi connectivity index (χ0n) is 8.94. The fourth-order valence-electron chi connectivity index (χ4n) is 1.17. The van der Waals surface area contributed by atoms with Crippen LogP contribution in [0.15, 0.2) is 23.5 Å². The molecule has 5 heteroatoms. The largest absolute Gasteiger partial charge is 0.465 e. The molecule has 0 amide bonds. The van der Waals surface area contributed by atoms with Crippen LogP contribution in [0.5, 0.6) is 0 Å². The number of hydrogen-bond acceptors (Lipinski definition) is 5. The molecular formula is C10H13N3O2. The fraction of sp³-hybridized carbons (Fsp3) is 0.400. The molecule has 1 aliphatic rings. The maximum Gasteiger partial charge on any atom is 0.350 e. The van der Waals surface area contributed by atoms with Crippen LogP contribution in [0, 0.1) is 11.3 Å². The molecule has 1 atom stereocenters. The van der Waals surface area contributed by atoms with E-state index in [-0.39, 0.29) is 11.7 Å². The highest BCUT2D eigenvalue weighted by Gasteiger charge is 2.19. The van der Waals surface area contributed by atoms with Crippen LogP contribution in [0.25, 0.3) is 0 Å². The number of carbonyl (C=O) groups is 1. The average molecular weight is 207 g/mol. The summed E-state index contributed by atoms with van der Waals surface area (Å²) in [7, 11) is 3.15. The number of allylic oxidation sites excluding steroid dienone is 1. The Morgan fingerprint density at radius 2 is 2.40 bits per heavy atom. The van der Waals surface area contributed by atoms with Crippen LogP contribution in [0.1, 0.15) is 6.92 Å². The minimum atomic E-state index is -0.624. The molecule has 80 valence electrons. The lowest BCUT2D eigenvalue weighted by molar-refractivity contribution is -0.135. The summed E-state index contributed by atoms with van der Waals surface area (Å²) in [5.41, 5.74) is 0.489. The van der Waals surface area contributed by atoms with Gasteiger partial charge in [-0.05, 0) is 13.0 Å². The van der Waals surface area contributed by atoms with Crippen LogP contribution < -0.4 is 5.32 Å². The van der Waals surface area contributed by atoms with Crippen LogP contribution in [-0.2, 0) is 9.53 Å². The van der Waals surface area contributed by atoms with Crippen molar-refractivity contribution in [1.82, 2.24) is 10.2 Å². The number of methoxy groups -OCH3 is 1. The molecule has 0 unspecified atom stereocenters. The number of rotatable bonds is 1. The monoisotopic (exact) mass is 207 g/mol. The summed E-state index contributed by atoms with van der Waals surface area (Å²) in [5, 5.41) is 11.9. The van der Waals surface area contributed by atoms with Gasteiger partial charge in [-0.2, -0.15) is 5.26 Å². The van der Waals surface area contributed by atoms with Gasteiger partial charge in [-0.15, -0.1) is 0 Å². The third kappa shape index (κ3) is 2.29. The molecule has 0 saturated carbocycles. The summed E-state index contributed by atoms with van der Waals surface area (Å²) in [5.74, 6) is -0.624. The Morgan fingerprint density at radius 1 is 1.73 bits per heavy atom. The van der Waals surface area contributed by atoms with Crippen molar-refractivity contribution < 1.29 is 9.53 Å². The first kappa shape index (κ1) is 11.1. The molecule has 1 heterocycles. The van der Waals surface area contributed by atoms with Crippen molar-refractivity contribution in [3.05, 3.63) is 23.5 Å². The number of nitrogens with zero attached hydrogens (tertiary/aromatic N) is 2. The van der Waals surface area contributed by atoms with E-state index in [2.05, 4.69) is 10.1 Å². The Labute approximate surface area is 88.6 Å². The topological polar surface area (TPSA) is 65.4 Å². The average Bonchev–Trinajstić information content (AvgIpc) is 2.24. The first-order valence-corrected chi connectivity index (χ1v) is 4.49. The fourth-order valence-corrected chi connectivity index (χ4v) is 1.17. The predicted octanol–water partition coefficient (Wildman–Crippen LogP) is 0.332. The third-order valence-electron chi connectivity index (χ3n) is 2.22. The van der Waals surface area contributed by atoms with E-state index in [0.717, 1.165) is 0 Å². The quantitative estimate of drug-likeness (QED) is 0.381. The van der Waals surface area contributed by atoms with Crippen molar-refractivity contribution in [3.63, 3.8) is 0 Å². The van der Waals surface area contributed by atoms with E-state index in [4.69, 9.17) is 5.26 Å². The van der Waals surface area contributed by atoms with Crippen molar-refractivity contribution in [2.45, 2.75) is 13.1 Å². The Hall–Kier alpha value is -1.96. The van der Waals surface area contributed by atoms with Crippen molar-refractivity contribution in [3.8, 4) is 6.07 Å².